The molecular formula is C4H3. The van der Waals surface area contributed by atoms with Gasteiger partial charge in [-0.15, -0.1) is 0 Å². The molecule has 0 aromatic heterocycles. The molecule has 1 saturated carbocycles. The average Bonchev–Trinajstić information content (AvgIpc) is 1.36. The third-order valence-corrected chi connectivity index (χ3v) is 0.961. The maximum atomic E-state index is 3.11. The summed E-state index contributed by atoms with van der Waals surface area (Å²) >= 11 is 0. The third kappa shape index (κ3) is 0.0159. The first kappa shape index (κ1) is 1.25. The Kier molecular flexibility index (Phi) is 0.0433. The molecular weight excluding hydrogens is 48.0 g/mol. The second-order valence-electron chi connectivity index (χ2n) is 1.43. The van der Waals surface area contributed by atoms with Crippen molar-refractivity contribution in [3.8, 4) is 0 Å². The van der Waals surface area contributed by atoms with Crippen molar-refractivity contribution in [1.29, 1.82) is 0 Å². The van der Waals surface area contributed by atoms with Crippen LogP contribution in [-0.4, -0.2) is 0 Å². The summed E-state index contributed by atoms with van der Waals surface area (Å²) in [7, 11) is 0. The molecule has 1 radical (unpaired) electrons. The summed E-state index contributed by atoms with van der Waals surface area (Å²) in [5, 5.41) is 0. The second-order valence-corrected chi connectivity index (χ2v) is 1.43. The molecule has 0 heterocycles. The summed E-state index contributed by atoms with van der Waals surface area (Å²) in [6, 6.07) is 0. The zero-order chi connectivity index (χ0) is 2.57. The van der Waals surface area contributed by atoms with Gasteiger partial charge in [-0.1, -0.05) is 5.57 Å². The lowest BCUT2D eigenvalue weighted by molar-refractivity contribution is 1.18. The van der Waals surface area contributed by atoms with Gasteiger partial charge in [-0.25, -0.2) is 0 Å². The SMILES string of the molecule is [C]1=C2CC12. The van der Waals surface area contributed by atoms with E-state index < -0.39 is 0 Å². The Labute approximate surface area is 25.1 Å². The van der Waals surface area contributed by atoms with Crippen LogP contribution in [0.3, 0.4) is 0 Å². The van der Waals surface area contributed by atoms with Crippen LogP contribution in [-0.2, 0) is 0 Å². The lowest BCUT2D eigenvalue weighted by Gasteiger charge is -1.47. The molecule has 0 nitrogen and oxygen atoms in total. The van der Waals surface area contributed by atoms with E-state index in [0.717, 1.165) is 5.92 Å². The summed E-state index contributed by atoms with van der Waals surface area (Å²) in [5.74, 6) is 0.917. The van der Waals surface area contributed by atoms with E-state index in [1.165, 1.54) is 6.42 Å². The molecule has 0 spiro atoms. The lowest BCUT2D eigenvalue weighted by atomic mass is 10.6. The molecule has 2 rings (SSSR count). The minimum Gasteiger partial charge on any atom is -0.0573 e. The molecule has 0 heteroatoms. The second kappa shape index (κ2) is 0.138. The van der Waals surface area contributed by atoms with Gasteiger partial charge in [0.15, 0.2) is 0 Å². The Morgan fingerprint density at radius 3 is 2.25 bits per heavy atom. The molecule has 4 heavy (non-hydrogen) atoms. The summed E-state index contributed by atoms with van der Waals surface area (Å²) in [6.45, 7) is 0. The fourth-order valence-electron chi connectivity index (χ4n) is 0.322. The summed E-state index contributed by atoms with van der Waals surface area (Å²) in [5.41, 5.74) is 1.58. The quantitative estimate of drug-likeness (QED) is 0.381. The van der Waals surface area contributed by atoms with Gasteiger partial charge in [0.25, 0.3) is 0 Å². The molecule has 1 atom stereocenters. The fourth-order valence-corrected chi connectivity index (χ4v) is 0.322. The number of fused-ring (bicyclic) bond motifs is 1. The van der Waals surface area contributed by atoms with Gasteiger partial charge in [0.05, 0.1) is 0 Å². The van der Waals surface area contributed by atoms with Crippen LogP contribution in [0.25, 0.3) is 0 Å². The first-order valence-electron chi connectivity index (χ1n) is 1.59. The Hall–Kier alpha value is -0.260. The monoisotopic (exact) mass is 51.0 g/mol. The Bertz CT molecular complexity index is 80.0. The Morgan fingerprint density at radius 2 is 2.25 bits per heavy atom. The van der Waals surface area contributed by atoms with Gasteiger partial charge in [0, 0.05) is 5.92 Å². The van der Waals surface area contributed by atoms with Crippen LogP contribution >= 0.6 is 0 Å². The standard InChI is InChI=1S/C4H3/c1-3-2-4(1)3/h3H,1H2. The molecule has 0 saturated heterocycles. The first-order chi connectivity index (χ1) is 1.97. The molecule has 19 valence electrons. The molecule has 2 aliphatic rings. The highest BCUT2D eigenvalue weighted by molar-refractivity contribution is 5.39. The van der Waals surface area contributed by atoms with Gasteiger partial charge >= 0.3 is 0 Å². The molecule has 2 aliphatic carbocycles. The number of hydrogen-bond acceptors (Lipinski definition) is 0. The molecule has 0 aromatic carbocycles. The van der Waals surface area contributed by atoms with Crippen molar-refractivity contribution in [2.75, 3.05) is 0 Å². The van der Waals surface area contributed by atoms with Crippen molar-refractivity contribution in [3.05, 3.63) is 11.6 Å². The zero-order valence-corrected chi connectivity index (χ0v) is 2.28. The smallest absolute Gasteiger partial charge is 0.00949 e. The van der Waals surface area contributed by atoms with E-state index in [1.807, 2.05) is 0 Å². The van der Waals surface area contributed by atoms with E-state index in [1.54, 1.807) is 5.57 Å². The van der Waals surface area contributed by atoms with Crippen LogP contribution in [0.1, 0.15) is 6.42 Å². The van der Waals surface area contributed by atoms with Crippen molar-refractivity contribution in [3.63, 3.8) is 0 Å². The van der Waals surface area contributed by atoms with Gasteiger partial charge < -0.3 is 0 Å². The number of rotatable bonds is 0. The number of hydrogen-bond donors (Lipinski definition) is 0. The largest absolute Gasteiger partial charge is 0.0573 e. The Balaban J connectivity index is 2.85. The first-order valence-corrected chi connectivity index (χ1v) is 1.59. The molecule has 0 amide bonds. The number of allylic oxidation sites excluding steroid dienone is 2. The third-order valence-electron chi connectivity index (χ3n) is 0.961. The van der Waals surface area contributed by atoms with Gasteiger partial charge in [-0.05, 0) is 12.5 Å². The van der Waals surface area contributed by atoms with Crippen LogP contribution in [0.5, 0.6) is 0 Å². The van der Waals surface area contributed by atoms with Crippen LogP contribution < -0.4 is 0 Å². The van der Waals surface area contributed by atoms with E-state index in [9.17, 15) is 0 Å². The molecule has 0 bridgehead atoms. The summed E-state index contributed by atoms with van der Waals surface area (Å²) in [4.78, 5) is 0. The van der Waals surface area contributed by atoms with Crippen LogP contribution in [0.2, 0.25) is 0 Å². The predicted octanol–water partition coefficient (Wildman–Crippen LogP) is 0.749. The average molecular weight is 51.1 g/mol. The van der Waals surface area contributed by atoms with E-state index in [0.29, 0.717) is 0 Å². The van der Waals surface area contributed by atoms with E-state index in [2.05, 4.69) is 6.08 Å². The lowest BCUT2D eigenvalue weighted by Crippen LogP contribution is -1.38. The van der Waals surface area contributed by atoms with Gasteiger partial charge in [0.2, 0.25) is 0 Å². The van der Waals surface area contributed by atoms with Crippen LogP contribution in [0, 0.1) is 12.0 Å². The van der Waals surface area contributed by atoms with Crippen molar-refractivity contribution in [2.24, 2.45) is 5.92 Å². The van der Waals surface area contributed by atoms with Crippen LogP contribution in [0.15, 0.2) is 5.57 Å². The topological polar surface area (TPSA) is 0 Å². The molecule has 0 aromatic rings. The van der Waals surface area contributed by atoms with Crippen molar-refractivity contribution < 1.29 is 0 Å². The minimum absolute atomic E-state index is 0.917. The van der Waals surface area contributed by atoms with Crippen LogP contribution in [0.4, 0.5) is 0 Å². The molecule has 0 aliphatic heterocycles. The van der Waals surface area contributed by atoms with Gasteiger partial charge in [-0.2, -0.15) is 0 Å². The van der Waals surface area contributed by atoms with Crippen molar-refractivity contribution in [1.82, 2.24) is 0 Å². The van der Waals surface area contributed by atoms with E-state index in [4.69, 9.17) is 0 Å². The highest BCUT2D eigenvalue weighted by atomic mass is 14.4. The Morgan fingerprint density at radius 1 is 2.00 bits per heavy atom. The zero-order valence-electron chi connectivity index (χ0n) is 2.28. The molecule has 0 N–H and O–H groups in total. The summed E-state index contributed by atoms with van der Waals surface area (Å²) < 4.78 is 0. The maximum Gasteiger partial charge on any atom is 0.00949 e. The molecule has 1 fully saturated rings. The molecule has 1 unspecified atom stereocenters. The minimum atomic E-state index is 0.917. The fraction of sp³-hybridized carbons (Fsp3) is 0.500. The highest BCUT2D eigenvalue weighted by Crippen LogP contribution is 2.52. The summed E-state index contributed by atoms with van der Waals surface area (Å²) in [6.07, 6.45) is 4.50. The van der Waals surface area contributed by atoms with E-state index in [-0.39, 0.29) is 0 Å². The normalized spacial score (nSPS) is 46.0. The van der Waals surface area contributed by atoms with Gasteiger partial charge in [-0.3, -0.25) is 0 Å². The van der Waals surface area contributed by atoms with Crippen molar-refractivity contribution in [2.45, 2.75) is 6.42 Å². The highest BCUT2D eigenvalue weighted by Gasteiger charge is 2.40. The predicted molar refractivity (Wildman–Crippen MR) is 14.9 cm³/mol. The maximum absolute atomic E-state index is 3.11. The van der Waals surface area contributed by atoms with E-state index >= 15 is 0 Å². The van der Waals surface area contributed by atoms with Crippen molar-refractivity contribution >= 4 is 0 Å². The van der Waals surface area contributed by atoms with Gasteiger partial charge in [0.1, 0.15) is 0 Å².